The zero-order valence-corrected chi connectivity index (χ0v) is 16.8. The van der Waals surface area contributed by atoms with Crippen LogP contribution in [0.15, 0.2) is 41.7 Å². The number of sulfone groups is 1. The number of ketones is 1. The summed E-state index contributed by atoms with van der Waals surface area (Å²) in [7, 11) is -3.47. The van der Waals surface area contributed by atoms with Crippen LogP contribution in [0.2, 0.25) is 5.02 Å². The lowest BCUT2D eigenvalue weighted by atomic mass is 9.87. The van der Waals surface area contributed by atoms with Gasteiger partial charge in [-0.3, -0.25) is 14.6 Å². The van der Waals surface area contributed by atoms with Crippen LogP contribution in [-0.4, -0.2) is 36.3 Å². The van der Waals surface area contributed by atoms with Crippen molar-refractivity contribution in [2.24, 2.45) is 5.92 Å². The van der Waals surface area contributed by atoms with Gasteiger partial charge in [-0.15, -0.1) is 0 Å². The normalized spacial score (nSPS) is 18.1. The summed E-state index contributed by atoms with van der Waals surface area (Å²) in [5.74, 6) is -0.284. The molecule has 1 N–H and O–H groups in total. The van der Waals surface area contributed by atoms with E-state index in [0.29, 0.717) is 30.6 Å². The Morgan fingerprint density at radius 3 is 2.71 bits per heavy atom. The molecule has 0 radical (unpaired) electrons. The number of nitrogens with one attached hydrogen (secondary N) is 1. The first-order valence-corrected chi connectivity index (χ1v) is 11.1. The molecule has 1 aromatic carbocycles. The number of carbonyl (C=O) groups excluding carboxylic acids is 2. The van der Waals surface area contributed by atoms with E-state index in [4.69, 9.17) is 11.6 Å². The van der Waals surface area contributed by atoms with Crippen LogP contribution in [0.5, 0.6) is 0 Å². The number of hydrogen-bond acceptors (Lipinski definition) is 6. The van der Waals surface area contributed by atoms with Crippen molar-refractivity contribution in [2.75, 3.05) is 11.6 Å². The number of hydrogen-bond donors (Lipinski definition) is 1. The van der Waals surface area contributed by atoms with Crippen LogP contribution in [0, 0.1) is 5.92 Å². The van der Waals surface area contributed by atoms with E-state index in [9.17, 15) is 18.0 Å². The van der Waals surface area contributed by atoms with Crippen LogP contribution in [0.4, 0.5) is 5.82 Å². The van der Waals surface area contributed by atoms with Gasteiger partial charge < -0.3 is 5.32 Å². The molecular weight excluding hydrogens is 402 g/mol. The molecule has 0 aliphatic heterocycles. The number of nitrogens with zero attached hydrogens (tertiary/aromatic N) is 2. The number of aromatic nitrogens is 2. The highest BCUT2D eigenvalue weighted by Gasteiger charge is 2.30. The standard InChI is InChI=1S/C19H20ClN3O4S/c1-28(26,27)17-5-3-13(10-16(17)20)15(9-12-2-4-14(24)8-12)19(25)23-18-11-21-6-7-22-18/h3,5-7,10-12,15H,2,4,8-9H2,1H3,(H,22,23,25). The minimum absolute atomic E-state index is 0.0158. The molecule has 1 fully saturated rings. The van der Waals surface area contributed by atoms with E-state index in [1.54, 1.807) is 6.07 Å². The molecule has 1 saturated carbocycles. The molecule has 2 unspecified atom stereocenters. The average Bonchev–Trinajstić information content (AvgIpc) is 3.04. The summed E-state index contributed by atoms with van der Waals surface area (Å²) in [4.78, 5) is 32.6. The van der Waals surface area contributed by atoms with E-state index in [-0.39, 0.29) is 27.5 Å². The van der Waals surface area contributed by atoms with Crippen LogP contribution < -0.4 is 5.32 Å². The van der Waals surface area contributed by atoms with Crippen LogP contribution >= 0.6 is 11.6 Å². The number of benzene rings is 1. The predicted molar refractivity (Wildman–Crippen MR) is 105 cm³/mol. The second kappa shape index (κ2) is 8.36. The van der Waals surface area contributed by atoms with Gasteiger partial charge in [0.05, 0.1) is 22.0 Å². The first-order chi connectivity index (χ1) is 13.2. The third-order valence-electron chi connectivity index (χ3n) is 4.81. The molecule has 1 aromatic heterocycles. The van der Waals surface area contributed by atoms with Crippen molar-refractivity contribution in [2.45, 2.75) is 36.5 Å². The zero-order valence-electron chi connectivity index (χ0n) is 15.3. The van der Waals surface area contributed by atoms with Gasteiger partial charge in [0.2, 0.25) is 5.91 Å². The van der Waals surface area contributed by atoms with Gasteiger partial charge in [0, 0.05) is 31.5 Å². The van der Waals surface area contributed by atoms with Crippen LogP contribution in [0.25, 0.3) is 0 Å². The molecule has 0 spiro atoms. The second-order valence-corrected chi connectivity index (χ2v) is 9.37. The van der Waals surface area contributed by atoms with Gasteiger partial charge >= 0.3 is 0 Å². The lowest BCUT2D eigenvalue weighted by molar-refractivity contribution is -0.119. The highest BCUT2D eigenvalue weighted by Crippen LogP contribution is 2.35. The van der Waals surface area contributed by atoms with Crippen molar-refractivity contribution in [3.05, 3.63) is 47.4 Å². The fourth-order valence-electron chi connectivity index (χ4n) is 3.43. The Hall–Kier alpha value is -2.32. The molecule has 0 bridgehead atoms. The summed E-state index contributed by atoms with van der Waals surface area (Å²) in [6.07, 6.45) is 7.67. The maximum Gasteiger partial charge on any atom is 0.233 e. The third-order valence-corrected chi connectivity index (χ3v) is 6.39. The van der Waals surface area contributed by atoms with Crippen LogP contribution in [0.3, 0.4) is 0 Å². The zero-order chi connectivity index (χ0) is 20.3. The predicted octanol–water partition coefficient (Wildman–Crippen LogP) is 3.02. The van der Waals surface area contributed by atoms with E-state index in [2.05, 4.69) is 15.3 Å². The SMILES string of the molecule is CS(=O)(=O)c1ccc(C(CC2CCC(=O)C2)C(=O)Nc2cnccn2)cc1Cl. The smallest absolute Gasteiger partial charge is 0.233 e. The van der Waals surface area contributed by atoms with Crippen molar-refractivity contribution in [3.63, 3.8) is 0 Å². The van der Waals surface area contributed by atoms with E-state index >= 15 is 0 Å². The van der Waals surface area contributed by atoms with Crippen molar-refractivity contribution in [1.29, 1.82) is 0 Å². The van der Waals surface area contributed by atoms with E-state index in [1.165, 1.54) is 30.7 Å². The summed E-state index contributed by atoms with van der Waals surface area (Å²) >= 11 is 6.18. The largest absolute Gasteiger partial charge is 0.309 e. The fraction of sp³-hybridized carbons (Fsp3) is 0.368. The quantitative estimate of drug-likeness (QED) is 0.768. The molecule has 3 rings (SSSR count). The van der Waals surface area contributed by atoms with Crippen LogP contribution in [0.1, 0.15) is 37.2 Å². The molecule has 148 valence electrons. The topological polar surface area (TPSA) is 106 Å². The monoisotopic (exact) mass is 421 g/mol. The molecule has 0 saturated heterocycles. The van der Waals surface area contributed by atoms with Gasteiger partial charge in [0.25, 0.3) is 0 Å². The Bertz CT molecular complexity index is 995. The van der Waals surface area contributed by atoms with E-state index < -0.39 is 15.8 Å². The molecule has 1 amide bonds. The van der Waals surface area contributed by atoms with Crippen LogP contribution in [-0.2, 0) is 19.4 Å². The Labute approximate surface area is 168 Å². The average molecular weight is 422 g/mol. The number of anilines is 1. The van der Waals surface area contributed by atoms with Crippen molar-refractivity contribution in [3.8, 4) is 0 Å². The second-order valence-electron chi connectivity index (χ2n) is 6.98. The van der Waals surface area contributed by atoms with Gasteiger partial charge in [-0.1, -0.05) is 17.7 Å². The molecule has 2 atom stereocenters. The Kier molecular flexibility index (Phi) is 6.10. The third kappa shape index (κ3) is 4.94. The molecule has 2 aromatic rings. The van der Waals surface area contributed by atoms with Crippen molar-refractivity contribution >= 4 is 38.9 Å². The first-order valence-electron chi connectivity index (χ1n) is 8.82. The van der Waals surface area contributed by atoms with Crippen molar-refractivity contribution < 1.29 is 18.0 Å². The Morgan fingerprint density at radius 2 is 2.14 bits per heavy atom. The Balaban J connectivity index is 1.90. The lowest BCUT2D eigenvalue weighted by Gasteiger charge is -2.20. The number of amides is 1. The molecule has 7 nitrogen and oxygen atoms in total. The number of carbonyl (C=O) groups is 2. The summed E-state index contributed by atoms with van der Waals surface area (Å²) < 4.78 is 23.6. The minimum atomic E-state index is -3.47. The maximum absolute atomic E-state index is 13.0. The first kappa shape index (κ1) is 20.4. The number of halogens is 1. The fourth-order valence-corrected chi connectivity index (χ4v) is 4.77. The summed E-state index contributed by atoms with van der Waals surface area (Å²) in [5.41, 5.74) is 0.595. The molecule has 1 aliphatic carbocycles. The molecule has 1 aliphatic rings. The van der Waals surface area contributed by atoms with Gasteiger partial charge in [-0.2, -0.15) is 0 Å². The molecular formula is C19H20ClN3O4S. The highest BCUT2D eigenvalue weighted by molar-refractivity contribution is 7.90. The maximum atomic E-state index is 13.0. The van der Waals surface area contributed by atoms with Gasteiger partial charge in [-0.25, -0.2) is 13.4 Å². The molecule has 1 heterocycles. The molecule has 28 heavy (non-hydrogen) atoms. The van der Waals surface area contributed by atoms with Gasteiger partial charge in [0.1, 0.15) is 5.78 Å². The highest BCUT2D eigenvalue weighted by atomic mass is 35.5. The van der Waals surface area contributed by atoms with Crippen molar-refractivity contribution in [1.82, 2.24) is 9.97 Å². The van der Waals surface area contributed by atoms with E-state index in [1.807, 2.05) is 0 Å². The number of rotatable bonds is 6. The molecule has 9 heteroatoms. The number of Topliss-reactive ketones (excluding diaryl/α,β-unsaturated/α-hetero) is 1. The minimum Gasteiger partial charge on any atom is -0.309 e. The summed E-state index contributed by atoms with van der Waals surface area (Å²) in [5, 5.41) is 2.80. The van der Waals surface area contributed by atoms with Gasteiger partial charge in [-0.05, 0) is 36.5 Å². The van der Waals surface area contributed by atoms with Gasteiger partial charge in [0.15, 0.2) is 15.7 Å². The van der Waals surface area contributed by atoms with E-state index in [0.717, 1.165) is 12.7 Å². The summed E-state index contributed by atoms with van der Waals surface area (Å²) in [6.45, 7) is 0. The summed E-state index contributed by atoms with van der Waals surface area (Å²) in [6, 6.07) is 4.52. The Morgan fingerprint density at radius 1 is 1.36 bits per heavy atom. The lowest BCUT2D eigenvalue weighted by Crippen LogP contribution is -2.24.